The van der Waals surface area contributed by atoms with Gasteiger partial charge in [0.2, 0.25) is 0 Å². The maximum absolute atomic E-state index is 5.14. The fourth-order valence-electron chi connectivity index (χ4n) is 5.88. The average molecular weight is 512 g/mol. The van der Waals surface area contributed by atoms with E-state index in [1.165, 1.54) is 38.2 Å². The number of hydrogen-bond donors (Lipinski definition) is 1. The van der Waals surface area contributed by atoms with Gasteiger partial charge in [0.1, 0.15) is 0 Å². The summed E-state index contributed by atoms with van der Waals surface area (Å²) < 4.78 is 0. The first-order chi connectivity index (χ1) is 19.8. The normalized spacial score (nSPS) is 14.3. The van der Waals surface area contributed by atoms with Gasteiger partial charge >= 0.3 is 0 Å². The van der Waals surface area contributed by atoms with E-state index in [0.717, 1.165) is 33.5 Å². The Morgan fingerprint density at radius 1 is 0.625 bits per heavy atom. The van der Waals surface area contributed by atoms with Gasteiger partial charge in [0.05, 0.1) is 22.9 Å². The molecule has 1 atom stereocenters. The summed E-state index contributed by atoms with van der Waals surface area (Å²) in [5.41, 5.74) is 8.71. The van der Waals surface area contributed by atoms with Crippen molar-refractivity contribution in [1.82, 2.24) is 9.97 Å². The van der Waals surface area contributed by atoms with Crippen LogP contribution >= 0.6 is 0 Å². The third-order valence-electron chi connectivity index (χ3n) is 7.91. The van der Waals surface area contributed by atoms with Crippen LogP contribution in [0.15, 0.2) is 134 Å². The molecule has 3 heteroatoms. The Balaban J connectivity index is 1.20. The maximum Gasteiger partial charge on any atom is 0.0873 e. The van der Waals surface area contributed by atoms with E-state index in [2.05, 4.69) is 132 Å². The van der Waals surface area contributed by atoms with Crippen molar-refractivity contribution in [3.63, 3.8) is 0 Å². The highest BCUT2D eigenvalue weighted by Crippen LogP contribution is 2.37. The Kier molecular flexibility index (Phi) is 5.20. The van der Waals surface area contributed by atoms with Crippen LogP contribution < -0.4 is 5.32 Å². The first-order valence-electron chi connectivity index (χ1n) is 13.6. The van der Waals surface area contributed by atoms with Crippen molar-refractivity contribution in [2.45, 2.75) is 6.04 Å². The van der Waals surface area contributed by atoms with Crippen LogP contribution in [0.2, 0.25) is 0 Å². The van der Waals surface area contributed by atoms with Crippen molar-refractivity contribution in [1.29, 1.82) is 0 Å². The zero-order valence-electron chi connectivity index (χ0n) is 21.8. The first kappa shape index (κ1) is 22.7. The molecule has 3 nitrogen and oxygen atoms in total. The molecule has 0 saturated carbocycles. The van der Waals surface area contributed by atoms with Crippen molar-refractivity contribution < 1.29 is 0 Å². The second-order valence-corrected chi connectivity index (χ2v) is 10.3. The fraction of sp³-hybridized carbons (Fsp3) is 0.0270. The molecule has 0 fully saturated rings. The van der Waals surface area contributed by atoms with Crippen LogP contribution in [0.3, 0.4) is 0 Å². The smallest absolute Gasteiger partial charge is 0.0873 e. The number of hydrogen-bond acceptors (Lipinski definition) is 3. The summed E-state index contributed by atoms with van der Waals surface area (Å²) in [5, 5.41) is 9.84. The quantitative estimate of drug-likeness (QED) is 0.240. The number of aromatic nitrogens is 2. The Labute approximate surface area is 232 Å². The molecule has 0 saturated heterocycles. The first-order valence-corrected chi connectivity index (χ1v) is 13.6. The molecule has 188 valence electrons. The minimum atomic E-state index is 0.0489. The lowest BCUT2D eigenvalue weighted by Crippen LogP contribution is -2.13. The van der Waals surface area contributed by atoms with Gasteiger partial charge in [-0.05, 0) is 68.6 Å². The number of anilines is 1. The molecule has 0 amide bonds. The molecule has 40 heavy (non-hydrogen) atoms. The predicted molar refractivity (Wildman–Crippen MR) is 167 cm³/mol. The second kappa shape index (κ2) is 9.18. The molecule has 2 aromatic heterocycles. The summed E-state index contributed by atoms with van der Waals surface area (Å²) in [4.78, 5) is 9.67. The molecule has 1 aliphatic rings. The summed E-state index contributed by atoms with van der Waals surface area (Å²) in [7, 11) is 0. The van der Waals surface area contributed by atoms with E-state index >= 15 is 0 Å². The molecule has 0 radical (unpaired) electrons. The van der Waals surface area contributed by atoms with Gasteiger partial charge in [-0.15, -0.1) is 0 Å². The van der Waals surface area contributed by atoms with Gasteiger partial charge in [0.15, 0.2) is 0 Å². The van der Waals surface area contributed by atoms with E-state index in [9.17, 15) is 0 Å². The minimum Gasteiger partial charge on any atom is -0.373 e. The highest BCUT2D eigenvalue weighted by atomic mass is 14.9. The van der Waals surface area contributed by atoms with Gasteiger partial charge in [-0.25, -0.2) is 4.98 Å². The van der Waals surface area contributed by atoms with Crippen molar-refractivity contribution in [2.75, 3.05) is 5.32 Å². The molecular formula is C37H25N3. The van der Waals surface area contributed by atoms with Gasteiger partial charge in [-0.3, -0.25) is 4.98 Å². The Hall–Kier alpha value is -5.28. The molecule has 0 bridgehead atoms. The summed E-state index contributed by atoms with van der Waals surface area (Å²) >= 11 is 0. The molecule has 3 heterocycles. The van der Waals surface area contributed by atoms with Gasteiger partial charge in [-0.2, -0.15) is 0 Å². The average Bonchev–Trinajstić information content (AvgIpc) is 3.03. The monoisotopic (exact) mass is 511 g/mol. The number of rotatable bonds is 3. The maximum atomic E-state index is 5.14. The van der Waals surface area contributed by atoms with Crippen LogP contribution in [0, 0.1) is 0 Å². The van der Waals surface area contributed by atoms with E-state index in [1.807, 2.05) is 18.3 Å². The number of pyridine rings is 2. The largest absolute Gasteiger partial charge is 0.373 e. The second-order valence-electron chi connectivity index (χ2n) is 10.3. The van der Waals surface area contributed by atoms with Crippen LogP contribution in [0.4, 0.5) is 5.69 Å². The van der Waals surface area contributed by atoms with Crippen LogP contribution in [0.1, 0.15) is 17.3 Å². The van der Waals surface area contributed by atoms with E-state index in [4.69, 9.17) is 4.98 Å². The Morgan fingerprint density at radius 3 is 2.40 bits per heavy atom. The highest BCUT2D eigenvalue weighted by Gasteiger charge is 2.16. The summed E-state index contributed by atoms with van der Waals surface area (Å²) in [6.45, 7) is 0. The van der Waals surface area contributed by atoms with Crippen LogP contribution in [0.25, 0.3) is 60.9 Å². The third kappa shape index (κ3) is 3.83. The number of benzene rings is 5. The molecule has 0 aliphatic carbocycles. The van der Waals surface area contributed by atoms with Gasteiger partial charge in [0.25, 0.3) is 0 Å². The minimum absolute atomic E-state index is 0.0489. The number of nitrogens with zero attached hydrogens (tertiary/aromatic N) is 2. The standard InChI is InChI=1S/C37H25N3/c1-2-8-30-24(6-1)11-14-27-7-5-9-31(37(27)30)28-15-12-25-17-19-32(39-35(25)22-28)29-16-13-26-18-20-34(40-36(26)23-29)33-10-3-4-21-38-33/h1-23,34,40H. The van der Waals surface area contributed by atoms with Crippen molar-refractivity contribution in [2.24, 2.45) is 0 Å². The lowest BCUT2D eigenvalue weighted by Gasteiger charge is -2.22. The summed E-state index contributed by atoms with van der Waals surface area (Å²) in [5.74, 6) is 0. The molecule has 0 spiro atoms. The Morgan fingerprint density at radius 2 is 1.45 bits per heavy atom. The highest BCUT2D eigenvalue weighted by molar-refractivity contribution is 6.14. The number of fused-ring (bicyclic) bond motifs is 5. The lowest BCUT2D eigenvalue weighted by molar-refractivity contribution is 0.918. The van der Waals surface area contributed by atoms with Gasteiger partial charge in [0, 0.05) is 22.8 Å². The molecule has 5 aromatic carbocycles. The Bertz CT molecular complexity index is 2090. The molecule has 1 N–H and O–H groups in total. The SMILES string of the molecule is C1=CC(c2ccccn2)Nc2cc(-c3ccc4ccc(-c5cccc6ccc7ccccc7c56)cc4n3)ccc21. The lowest BCUT2D eigenvalue weighted by atomic mass is 9.93. The molecule has 1 unspecified atom stereocenters. The number of nitrogens with one attached hydrogen (secondary N) is 1. The van der Waals surface area contributed by atoms with Gasteiger partial charge < -0.3 is 5.32 Å². The van der Waals surface area contributed by atoms with Crippen LogP contribution in [-0.4, -0.2) is 9.97 Å². The van der Waals surface area contributed by atoms with E-state index in [1.54, 1.807) is 0 Å². The molecule has 7 aromatic rings. The summed E-state index contributed by atoms with van der Waals surface area (Å²) in [6.07, 6.45) is 6.17. The predicted octanol–water partition coefficient (Wildman–Crippen LogP) is 9.45. The van der Waals surface area contributed by atoms with E-state index in [0.29, 0.717) is 0 Å². The summed E-state index contributed by atoms with van der Waals surface area (Å²) in [6, 6.07) is 43.1. The molecular weight excluding hydrogens is 486 g/mol. The molecule has 1 aliphatic heterocycles. The fourth-order valence-corrected chi connectivity index (χ4v) is 5.88. The van der Waals surface area contributed by atoms with Crippen molar-refractivity contribution >= 4 is 44.2 Å². The van der Waals surface area contributed by atoms with Crippen molar-refractivity contribution in [3.05, 3.63) is 145 Å². The van der Waals surface area contributed by atoms with Crippen LogP contribution in [-0.2, 0) is 0 Å². The van der Waals surface area contributed by atoms with Crippen LogP contribution in [0.5, 0.6) is 0 Å². The third-order valence-corrected chi connectivity index (χ3v) is 7.91. The topological polar surface area (TPSA) is 37.8 Å². The van der Waals surface area contributed by atoms with Crippen molar-refractivity contribution in [3.8, 4) is 22.4 Å². The van der Waals surface area contributed by atoms with E-state index < -0.39 is 0 Å². The van der Waals surface area contributed by atoms with Gasteiger partial charge in [-0.1, -0.05) is 103 Å². The zero-order chi connectivity index (χ0) is 26.5. The molecule has 8 rings (SSSR count). The zero-order valence-corrected chi connectivity index (χ0v) is 21.8. The van der Waals surface area contributed by atoms with E-state index in [-0.39, 0.29) is 6.04 Å².